The highest BCUT2D eigenvalue weighted by Gasteiger charge is 2.33. The van der Waals surface area contributed by atoms with Gasteiger partial charge in [0.15, 0.2) is 0 Å². The molecular formula is C20H24N2O3. The normalized spacial score (nSPS) is 18.3. The summed E-state index contributed by atoms with van der Waals surface area (Å²) in [6.45, 7) is 4.14. The highest BCUT2D eigenvalue weighted by Crippen LogP contribution is 2.30. The van der Waals surface area contributed by atoms with Gasteiger partial charge in [-0.3, -0.25) is 9.69 Å². The quantitative estimate of drug-likeness (QED) is 0.839. The van der Waals surface area contributed by atoms with Crippen molar-refractivity contribution >= 4 is 11.6 Å². The number of amides is 1. The van der Waals surface area contributed by atoms with Crippen molar-refractivity contribution in [3.63, 3.8) is 0 Å². The fraction of sp³-hybridized carbons (Fsp3) is 0.350. The molecule has 2 aromatic carbocycles. The highest BCUT2D eigenvalue weighted by molar-refractivity contribution is 5.98. The van der Waals surface area contributed by atoms with Gasteiger partial charge in [0.1, 0.15) is 11.5 Å². The van der Waals surface area contributed by atoms with Gasteiger partial charge in [-0.2, -0.15) is 0 Å². The Kier molecular flexibility index (Phi) is 5.24. The Bertz CT molecular complexity index is 747. The Balaban J connectivity index is 1.75. The zero-order chi connectivity index (χ0) is 17.8. The van der Waals surface area contributed by atoms with E-state index in [2.05, 4.69) is 11.0 Å². The molecule has 3 rings (SSSR count). The summed E-state index contributed by atoms with van der Waals surface area (Å²) in [6, 6.07) is 15.5. The largest absolute Gasteiger partial charge is 0.497 e. The smallest absolute Gasteiger partial charge is 0.244 e. The van der Waals surface area contributed by atoms with Crippen molar-refractivity contribution in [2.24, 2.45) is 0 Å². The molecule has 132 valence electrons. The van der Waals surface area contributed by atoms with Crippen LogP contribution in [0.15, 0.2) is 48.5 Å². The third-order valence-electron chi connectivity index (χ3n) is 4.68. The lowest BCUT2D eigenvalue weighted by molar-refractivity contribution is -0.125. The van der Waals surface area contributed by atoms with E-state index in [1.165, 1.54) is 0 Å². The molecule has 0 bridgehead atoms. The van der Waals surface area contributed by atoms with Gasteiger partial charge >= 0.3 is 0 Å². The van der Waals surface area contributed by atoms with Crippen LogP contribution in [0.3, 0.4) is 0 Å². The number of carbonyl (C=O) groups is 1. The summed E-state index contributed by atoms with van der Waals surface area (Å²) in [7, 11) is 3.29. The van der Waals surface area contributed by atoms with Crippen LogP contribution in [-0.2, 0) is 11.3 Å². The molecular weight excluding hydrogens is 316 g/mol. The van der Waals surface area contributed by atoms with Crippen LogP contribution in [0, 0.1) is 0 Å². The fourth-order valence-electron chi connectivity index (χ4n) is 3.23. The van der Waals surface area contributed by atoms with Crippen LogP contribution < -0.4 is 14.4 Å². The molecule has 5 nitrogen and oxygen atoms in total. The second kappa shape index (κ2) is 7.57. The molecule has 0 saturated carbocycles. The van der Waals surface area contributed by atoms with E-state index in [1.807, 2.05) is 54.3 Å². The van der Waals surface area contributed by atoms with E-state index in [4.69, 9.17) is 9.47 Å². The van der Waals surface area contributed by atoms with E-state index < -0.39 is 0 Å². The van der Waals surface area contributed by atoms with Gasteiger partial charge in [-0.1, -0.05) is 24.3 Å². The summed E-state index contributed by atoms with van der Waals surface area (Å²) >= 11 is 0. The fourth-order valence-corrected chi connectivity index (χ4v) is 3.23. The van der Waals surface area contributed by atoms with Crippen LogP contribution >= 0.6 is 0 Å². The van der Waals surface area contributed by atoms with Gasteiger partial charge in [0.25, 0.3) is 0 Å². The van der Waals surface area contributed by atoms with Crippen LogP contribution in [0.1, 0.15) is 12.5 Å². The monoisotopic (exact) mass is 340 g/mol. The highest BCUT2D eigenvalue weighted by atomic mass is 16.5. The molecule has 1 amide bonds. The lowest BCUT2D eigenvalue weighted by Crippen LogP contribution is -2.55. The Morgan fingerprint density at radius 2 is 1.84 bits per heavy atom. The van der Waals surface area contributed by atoms with Crippen molar-refractivity contribution in [3.05, 3.63) is 54.1 Å². The van der Waals surface area contributed by atoms with E-state index in [-0.39, 0.29) is 11.9 Å². The predicted molar refractivity (Wildman–Crippen MR) is 98.2 cm³/mol. The van der Waals surface area contributed by atoms with E-state index in [0.717, 1.165) is 35.8 Å². The number of carbonyl (C=O) groups excluding carboxylic acids is 1. The topological polar surface area (TPSA) is 42.0 Å². The maximum absolute atomic E-state index is 12.9. The number of rotatable bonds is 5. The molecule has 1 saturated heterocycles. The third-order valence-corrected chi connectivity index (χ3v) is 4.68. The number of hydrogen-bond donors (Lipinski definition) is 0. The number of piperazine rings is 1. The van der Waals surface area contributed by atoms with Crippen LogP contribution in [0.5, 0.6) is 11.5 Å². The van der Waals surface area contributed by atoms with E-state index in [0.29, 0.717) is 6.54 Å². The molecule has 0 spiro atoms. The molecule has 1 heterocycles. The first-order valence-electron chi connectivity index (χ1n) is 8.45. The first kappa shape index (κ1) is 17.3. The summed E-state index contributed by atoms with van der Waals surface area (Å²) in [5.41, 5.74) is 1.98. The number of anilines is 1. The zero-order valence-corrected chi connectivity index (χ0v) is 14.9. The Hall–Kier alpha value is -2.53. The molecule has 1 fully saturated rings. The second-order valence-corrected chi connectivity index (χ2v) is 6.16. The van der Waals surface area contributed by atoms with Gasteiger partial charge < -0.3 is 14.4 Å². The number of para-hydroxylation sites is 2. The SMILES string of the molecule is COc1cccc(CN2CCN(c3ccccc3OC)C(=O)[C@@H]2C)c1. The summed E-state index contributed by atoms with van der Waals surface area (Å²) < 4.78 is 10.7. The molecule has 25 heavy (non-hydrogen) atoms. The van der Waals surface area contributed by atoms with Crippen LogP contribution in [-0.4, -0.2) is 44.2 Å². The molecule has 1 atom stereocenters. The molecule has 0 N–H and O–H groups in total. The molecule has 1 aliphatic heterocycles. The van der Waals surface area contributed by atoms with Crippen LogP contribution in [0.2, 0.25) is 0 Å². The predicted octanol–water partition coefficient (Wildman–Crippen LogP) is 2.94. The standard InChI is InChI=1S/C20H24N2O3/c1-15-20(23)22(18-9-4-5-10-19(18)25-3)12-11-21(15)14-16-7-6-8-17(13-16)24-2/h4-10,13,15H,11-12,14H2,1-3H3/t15-/m0/s1. The van der Waals surface area contributed by atoms with E-state index in [9.17, 15) is 4.79 Å². The summed E-state index contributed by atoms with van der Waals surface area (Å²) in [5, 5.41) is 0. The van der Waals surface area contributed by atoms with Crippen molar-refractivity contribution in [1.82, 2.24) is 4.90 Å². The van der Waals surface area contributed by atoms with Gasteiger partial charge in [0.05, 0.1) is 25.9 Å². The first-order valence-corrected chi connectivity index (χ1v) is 8.45. The molecule has 1 aliphatic rings. The molecule has 0 radical (unpaired) electrons. The van der Waals surface area contributed by atoms with Crippen molar-refractivity contribution in [1.29, 1.82) is 0 Å². The Morgan fingerprint density at radius 1 is 1.04 bits per heavy atom. The first-order chi connectivity index (χ1) is 12.1. The molecule has 0 aromatic heterocycles. The van der Waals surface area contributed by atoms with Gasteiger partial charge in [-0.05, 0) is 36.8 Å². The maximum atomic E-state index is 12.9. The average molecular weight is 340 g/mol. The van der Waals surface area contributed by atoms with E-state index >= 15 is 0 Å². The van der Waals surface area contributed by atoms with Crippen molar-refractivity contribution in [2.75, 3.05) is 32.2 Å². The summed E-state index contributed by atoms with van der Waals surface area (Å²) in [6.07, 6.45) is 0. The number of nitrogens with zero attached hydrogens (tertiary/aromatic N) is 2. The molecule has 0 aliphatic carbocycles. The minimum absolute atomic E-state index is 0.0960. The van der Waals surface area contributed by atoms with Gasteiger partial charge in [-0.25, -0.2) is 0 Å². The van der Waals surface area contributed by atoms with Gasteiger partial charge in [0.2, 0.25) is 5.91 Å². The van der Waals surface area contributed by atoms with Crippen molar-refractivity contribution in [2.45, 2.75) is 19.5 Å². The lowest BCUT2D eigenvalue weighted by atomic mass is 10.1. The molecule has 0 unspecified atom stereocenters. The number of methoxy groups -OCH3 is 2. The minimum Gasteiger partial charge on any atom is -0.497 e. The number of ether oxygens (including phenoxy) is 2. The van der Waals surface area contributed by atoms with Crippen LogP contribution in [0.25, 0.3) is 0 Å². The summed E-state index contributed by atoms with van der Waals surface area (Å²) in [4.78, 5) is 16.9. The van der Waals surface area contributed by atoms with Crippen molar-refractivity contribution in [3.8, 4) is 11.5 Å². The van der Waals surface area contributed by atoms with Gasteiger partial charge in [-0.15, -0.1) is 0 Å². The maximum Gasteiger partial charge on any atom is 0.244 e. The average Bonchev–Trinajstić information content (AvgIpc) is 2.66. The second-order valence-electron chi connectivity index (χ2n) is 6.16. The number of benzene rings is 2. The Morgan fingerprint density at radius 3 is 2.60 bits per heavy atom. The van der Waals surface area contributed by atoms with Crippen molar-refractivity contribution < 1.29 is 14.3 Å². The third kappa shape index (κ3) is 3.61. The molecule has 5 heteroatoms. The molecule has 2 aromatic rings. The number of hydrogen-bond acceptors (Lipinski definition) is 4. The zero-order valence-electron chi connectivity index (χ0n) is 14.9. The van der Waals surface area contributed by atoms with Gasteiger partial charge in [0, 0.05) is 19.6 Å². The van der Waals surface area contributed by atoms with E-state index in [1.54, 1.807) is 14.2 Å². The van der Waals surface area contributed by atoms with Crippen LogP contribution in [0.4, 0.5) is 5.69 Å². The lowest BCUT2D eigenvalue weighted by Gasteiger charge is -2.39. The Labute approximate surface area is 148 Å². The minimum atomic E-state index is -0.190. The summed E-state index contributed by atoms with van der Waals surface area (Å²) in [5.74, 6) is 1.66.